The smallest absolute Gasteiger partial charge is 0.118 e. The Hall–Kier alpha value is -1.14. The van der Waals surface area contributed by atoms with Crippen LogP contribution in [-0.2, 0) is 11.3 Å². The Morgan fingerprint density at radius 3 is 1.77 bits per heavy atom. The summed E-state index contributed by atoms with van der Waals surface area (Å²) in [7, 11) is 1.61. The molecule has 0 spiro atoms. The third kappa shape index (κ3) is 13.1. The van der Waals surface area contributed by atoms with Gasteiger partial charge in [-0.05, 0) is 30.0 Å². The van der Waals surface area contributed by atoms with Crippen LogP contribution in [0.15, 0.2) is 24.3 Å². The molecule has 0 aliphatic heterocycles. The van der Waals surface area contributed by atoms with Crippen molar-refractivity contribution in [3.05, 3.63) is 29.8 Å². The monoisotopic (exact) mass is 438 g/mol. The van der Waals surface area contributed by atoms with Crippen molar-refractivity contribution in [1.82, 2.24) is 0 Å². The van der Waals surface area contributed by atoms with Crippen molar-refractivity contribution in [2.45, 2.75) is 109 Å². The average molecular weight is 439 g/mol. The van der Waals surface area contributed by atoms with E-state index >= 15 is 0 Å². The summed E-state index contributed by atoms with van der Waals surface area (Å²) in [5.74, 6) is 1.58. The van der Waals surface area contributed by atoms with Crippen molar-refractivity contribution >= 4 is 0 Å². The van der Waals surface area contributed by atoms with Gasteiger partial charge in [-0.1, -0.05) is 90.2 Å². The highest BCUT2D eigenvalue weighted by Gasteiger charge is 2.26. The van der Waals surface area contributed by atoms with Crippen molar-refractivity contribution in [3.8, 4) is 5.75 Å². The van der Waals surface area contributed by atoms with Crippen LogP contribution < -0.4 is 4.74 Å². The summed E-state index contributed by atoms with van der Waals surface area (Å²) in [5, 5.41) is 30.2. The summed E-state index contributed by atoms with van der Waals surface area (Å²) in [6.45, 7) is 4.51. The van der Waals surface area contributed by atoms with Gasteiger partial charge >= 0.3 is 0 Å². The van der Waals surface area contributed by atoms with Crippen LogP contribution >= 0.6 is 0 Å². The van der Waals surface area contributed by atoms with Crippen LogP contribution in [0.3, 0.4) is 0 Å². The van der Waals surface area contributed by atoms with Crippen LogP contribution in [0, 0.1) is 5.92 Å². The molecule has 31 heavy (non-hydrogen) atoms. The van der Waals surface area contributed by atoms with Gasteiger partial charge in [-0.25, -0.2) is 0 Å². The Labute approximate surface area is 189 Å². The molecule has 0 aliphatic rings. The minimum absolute atomic E-state index is 0.260. The molecule has 0 heterocycles. The van der Waals surface area contributed by atoms with Crippen molar-refractivity contribution in [3.63, 3.8) is 0 Å². The number of methoxy groups -OCH3 is 1. The van der Waals surface area contributed by atoms with E-state index in [1.54, 1.807) is 7.11 Å². The molecule has 0 aliphatic carbocycles. The van der Waals surface area contributed by atoms with E-state index in [4.69, 9.17) is 9.47 Å². The molecule has 180 valence electrons. The van der Waals surface area contributed by atoms with Crippen LogP contribution in [0.4, 0.5) is 0 Å². The molecule has 5 heteroatoms. The predicted octanol–water partition coefficient (Wildman–Crippen LogP) is 5.24. The van der Waals surface area contributed by atoms with Crippen LogP contribution in [0.2, 0.25) is 0 Å². The second kappa shape index (κ2) is 17.4. The van der Waals surface area contributed by atoms with Crippen molar-refractivity contribution in [2.24, 2.45) is 5.92 Å². The molecule has 1 aromatic rings. The van der Waals surface area contributed by atoms with E-state index < -0.39 is 18.3 Å². The van der Waals surface area contributed by atoms with E-state index in [1.165, 1.54) is 51.4 Å². The molecule has 0 unspecified atom stereocenters. The molecule has 3 N–H and O–H groups in total. The zero-order chi connectivity index (χ0) is 22.9. The highest BCUT2D eigenvalue weighted by atomic mass is 16.5. The van der Waals surface area contributed by atoms with Gasteiger partial charge in [-0.15, -0.1) is 0 Å². The van der Waals surface area contributed by atoms with Gasteiger partial charge in [-0.3, -0.25) is 0 Å². The van der Waals surface area contributed by atoms with Crippen LogP contribution in [0.5, 0.6) is 5.75 Å². The number of aliphatic hydroxyl groups is 3. The van der Waals surface area contributed by atoms with Gasteiger partial charge < -0.3 is 24.8 Å². The number of aliphatic hydroxyl groups excluding tert-OH is 3. The minimum Gasteiger partial charge on any atom is -0.497 e. The van der Waals surface area contributed by atoms with E-state index in [0.29, 0.717) is 6.42 Å². The lowest BCUT2D eigenvalue weighted by atomic mass is 10.00. The molecule has 0 amide bonds. The number of rotatable bonds is 19. The Morgan fingerprint density at radius 1 is 0.774 bits per heavy atom. The maximum absolute atomic E-state index is 10.4. The van der Waals surface area contributed by atoms with Gasteiger partial charge in [0.25, 0.3) is 0 Å². The summed E-state index contributed by atoms with van der Waals surface area (Å²) >= 11 is 0. The van der Waals surface area contributed by atoms with Gasteiger partial charge in [0, 0.05) is 0 Å². The Kier molecular flexibility index (Phi) is 15.7. The molecule has 5 nitrogen and oxygen atoms in total. The maximum atomic E-state index is 10.4. The Balaban J connectivity index is 2.11. The number of hydrogen-bond donors (Lipinski definition) is 3. The summed E-state index contributed by atoms with van der Waals surface area (Å²) in [4.78, 5) is 0. The molecule has 0 saturated heterocycles. The fourth-order valence-electron chi connectivity index (χ4n) is 3.75. The lowest BCUT2D eigenvalue weighted by molar-refractivity contribution is -0.114. The van der Waals surface area contributed by atoms with E-state index in [2.05, 4.69) is 13.8 Å². The van der Waals surface area contributed by atoms with Crippen LogP contribution in [0.25, 0.3) is 0 Å². The maximum Gasteiger partial charge on any atom is 0.118 e. The van der Waals surface area contributed by atoms with E-state index in [1.807, 2.05) is 24.3 Å². The molecule has 0 bridgehead atoms. The second-order valence-electron chi connectivity index (χ2n) is 9.09. The van der Waals surface area contributed by atoms with Gasteiger partial charge in [-0.2, -0.15) is 0 Å². The molecular weight excluding hydrogens is 392 g/mol. The van der Waals surface area contributed by atoms with Crippen molar-refractivity contribution in [2.75, 3.05) is 13.7 Å². The summed E-state index contributed by atoms with van der Waals surface area (Å²) in [6, 6.07) is 7.43. The third-order valence-corrected chi connectivity index (χ3v) is 5.86. The fraction of sp³-hybridized carbons (Fsp3) is 0.769. The Bertz CT molecular complexity index is 531. The zero-order valence-corrected chi connectivity index (χ0v) is 20.0. The van der Waals surface area contributed by atoms with Crippen LogP contribution in [-0.4, -0.2) is 47.3 Å². The summed E-state index contributed by atoms with van der Waals surface area (Å²) in [6.07, 6.45) is 10.1. The topological polar surface area (TPSA) is 79.2 Å². The molecule has 3 atom stereocenters. The molecule has 0 saturated carbocycles. The number of unbranched alkanes of at least 4 members (excludes halogenated alkanes) is 8. The molecule has 1 rings (SSSR count). The van der Waals surface area contributed by atoms with Gasteiger partial charge in [0.15, 0.2) is 0 Å². The molecule has 0 radical (unpaired) electrons. The molecule has 0 aromatic heterocycles. The van der Waals surface area contributed by atoms with Gasteiger partial charge in [0.2, 0.25) is 0 Å². The molecule has 0 fully saturated rings. The standard InChI is InChI=1S/C26H46O5/c1-21(2)13-11-9-7-5-4-6-8-10-12-14-24(28)26(29)25(19-27)31-20-22-15-17-23(30-3)18-16-22/h15-18,21,24-29H,4-14,19-20H2,1-3H3/t24-,25-,26-/m1/s1. The number of benzene rings is 1. The predicted molar refractivity (Wildman–Crippen MR) is 126 cm³/mol. The van der Waals surface area contributed by atoms with Crippen molar-refractivity contribution in [1.29, 1.82) is 0 Å². The van der Waals surface area contributed by atoms with Gasteiger partial charge in [0.05, 0.1) is 26.4 Å². The quantitative estimate of drug-likeness (QED) is 0.257. The first kappa shape index (κ1) is 27.9. The first-order chi connectivity index (χ1) is 15.0. The van der Waals surface area contributed by atoms with E-state index in [-0.39, 0.29) is 13.2 Å². The second-order valence-corrected chi connectivity index (χ2v) is 9.09. The first-order valence-corrected chi connectivity index (χ1v) is 12.2. The largest absolute Gasteiger partial charge is 0.497 e. The highest BCUT2D eigenvalue weighted by molar-refractivity contribution is 5.26. The highest BCUT2D eigenvalue weighted by Crippen LogP contribution is 2.17. The number of ether oxygens (including phenoxy) is 2. The van der Waals surface area contributed by atoms with Crippen LogP contribution in [0.1, 0.15) is 90.0 Å². The third-order valence-electron chi connectivity index (χ3n) is 5.86. The normalized spacial score (nSPS) is 14.5. The minimum atomic E-state index is -1.09. The summed E-state index contributed by atoms with van der Waals surface area (Å²) < 4.78 is 10.8. The van der Waals surface area contributed by atoms with E-state index in [9.17, 15) is 15.3 Å². The van der Waals surface area contributed by atoms with Gasteiger partial charge in [0.1, 0.15) is 18.0 Å². The van der Waals surface area contributed by atoms with Crippen molar-refractivity contribution < 1.29 is 24.8 Å². The van der Waals surface area contributed by atoms with E-state index in [0.717, 1.165) is 30.1 Å². The lowest BCUT2D eigenvalue weighted by Crippen LogP contribution is -2.41. The fourth-order valence-corrected chi connectivity index (χ4v) is 3.75. The lowest BCUT2D eigenvalue weighted by Gasteiger charge is -2.25. The molecular formula is C26H46O5. The number of hydrogen-bond acceptors (Lipinski definition) is 5. The Morgan fingerprint density at radius 2 is 1.29 bits per heavy atom. The summed E-state index contributed by atoms with van der Waals surface area (Å²) in [5.41, 5.74) is 0.917. The average Bonchev–Trinajstić information content (AvgIpc) is 2.77. The SMILES string of the molecule is COc1ccc(CO[C@H](CO)[C@H](O)[C@H](O)CCCCCCCCCCCC(C)C)cc1. The molecule has 1 aromatic carbocycles. The zero-order valence-electron chi connectivity index (χ0n) is 20.0. The first-order valence-electron chi connectivity index (χ1n) is 12.2.